The van der Waals surface area contributed by atoms with Crippen molar-refractivity contribution in [3.05, 3.63) is 18.0 Å². The van der Waals surface area contributed by atoms with Gasteiger partial charge in [-0.2, -0.15) is 0 Å². The van der Waals surface area contributed by atoms with E-state index in [4.69, 9.17) is 4.74 Å². The second kappa shape index (κ2) is 8.05. The first kappa shape index (κ1) is 14.9. The van der Waals surface area contributed by atoms with Crippen molar-refractivity contribution in [2.75, 3.05) is 12.4 Å². The van der Waals surface area contributed by atoms with Crippen LogP contribution in [-0.2, 0) is 16.1 Å². The molecule has 0 unspecified atom stereocenters. The van der Waals surface area contributed by atoms with Crippen molar-refractivity contribution in [1.82, 2.24) is 15.3 Å². The predicted octanol–water partition coefficient (Wildman–Crippen LogP) is 1.63. The fourth-order valence-corrected chi connectivity index (χ4v) is 1.74. The normalized spacial score (nSPS) is 10.7. The molecule has 0 radical (unpaired) electrons. The first-order chi connectivity index (χ1) is 8.61. The van der Waals surface area contributed by atoms with Crippen molar-refractivity contribution < 1.29 is 9.53 Å². The number of carbonyl (C=O) groups excluding carboxylic acids is 1. The van der Waals surface area contributed by atoms with Crippen LogP contribution < -0.4 is 5.32 Å². The average Bonchev–Trinajstić information content (AvgIpc) is 2.35. The van der Waals surface area contributed by atoms with Crippen LogP contribution >= 0.6 is 11.8 Å². The summed E-state index contributed by atoms with van der Waals surface area (Å²) in [6.07, 6.45) is 3.55. The summed E-state index contributed by atoms with van der Waals surface area (Å²) in [7, 11) is 0. The Morgan fingerprint density at radius 2 is 2.11 bits per heavy atom. The fourth-order valence-electron chi connectivity index (χ4n) is 1.16. The van der Waals surface area contributed by atoms with Crippen LogP contribution in [0.3, 0.4) is 0 Å². The Morgan fingerprint density at radius 3 is 2.67 bits per heavy atom. The highest BCUT2D eigenvalue weighted by atomic mass is 32.2. The number of rotatable bonds is 7. The van der Waals surface area contributed by atoms with Crippen molar-refractivity contribution in [3.63, 3.8) is 0 Å². The second-order valence-electron chi connectivity index (χ2n) is 4.00. The van der Waals surface area contributed by atoms with Gasteiger partial charge >= 0.3 is 5.97 Å². The monoisotopic (exact) mass is 269 g/mol. The Bertz CT molecular complexity index is 368. The lowest BCUT2D eigenvalue weighted by molar-refractivity contribution is -0.139. The van der Waals surface area contributed by atoms with Gasteiger partial charge in [0.15, 0.2) is 5.16 Å². The molecule has 1 heterocycles. The molecule has 0 fully saturated rings. The fraction of sp³-hybridized carbons (Fsp3) is 0.583. The summed E-state index contributed by atoms with van der Waals surface area (Å²) in [5.74, 6) is 0.00824. The minimum absolute atomic E-state index is 0.239. The molecule has 0 amide bonds. The maximum absolute atomic E-state index is 11.2. The summed E-state index contributed by atoms with van der Waals surface area (Å²) < 4.78 is 4.83. The number of ether oxygens (including phenoxy) is 1. The number of esters is 1. The van der Waals surface area contributed by atoms with Gasteiger partial charge in [-0.05, 0) is 6.92 Å². The summed E-state index contributed by atoms with van der Waals surface area (Å²) in [6.45, 7) is 7.12. The molecule has 1 aromatic heterocycles. The zero-order valence-corrected chi connectivity index (χ0v) is 11.8. The Hall–Kier alpha value is -1.14. The quantitative estimate of drug-likeness (QED) is 0.461. The molecule has 1 aromatic rings. The van der Waals surface area contributed by atoms with E-state index in [2.05, 4.69) is 29.1 Å². The summed E-state index contributed by atoms with van der Waals surface area (Å²) in [6, 6.07) is 0.433. The van der Waals surface area contributed by atoms with Gasteiger partial charge in [0.2, 0.25) is 0 Å². The number of nitrogens with zero attached hydrogens (tertiary/aromatic N) is 2. The van der Waals surface area contributed by atoms with Crippen LogP contribution in [0, 0.1) is 0 Å². The van der Waals surface area contributed by atoms with Crippen molar-refractivity contribution in [2.24, 2.45) is 0 Å². The number of carbonyl (C=O) groups is 1. The summed E-state index contributed by atoms with van der Waals surface area (Å²) >= 11 is 1.28. The van der Waals surface area contributed by atoms with Gasteiger partial charge in [0.1, 0.15) is 0 Å². The van der Waals surface area contributed by atoms with Gasteiger partial charge in [0.25, 0.3) is 0 Å². The van der Waals surface area contributed by atoms with Gasteiger partial charge in [-0.1, -0.05) is 25.6 Å². The summed E-state index contributed by atoms with van der Waals surface area (Å²) in [5, 5.41) is 3.88. The third kappa shape index (κ3) is 5.97. The van der Waals surface area contributed by atoms with E-state index < -0.39 is 0 Å². The van der Waals surface area contributed by atoms with Crippen LogP contribution in [0.5, 0.6) is 0 Å². The zero-order valence-electron chi connectivity index (χ0n) is 11.0. The highest BCUT2D eigenvalue weighted by molar-refractivity contribution is 7.99. The van der Waals surface area contributed by atoms with E-state index >= 15 is 0 Å². The molecule has 1 rings (SSSR count). The van der Waals surface area contributed by atoms with Crippen molar-refractivity contribution in [3.8, 4) is 0 Å². The van der Waals surface area contributed by atoms with Crippen LogP contribution in [0.25, 0.3) is 0 Å². The van der Waals surface area contributed by atoms with Crippen LogP contribution in [0.15, 0.2) is 17.6 Å². The second-order valence-corrected chi connectivity index (χ2v) is 4.95. The van der Waals surface area contributed by atoms with E-state index in [0.29, 0.717) is 17.8 Å². The van der Waals surface area contributed by atoms with Gasteiger partial charge < -0.3 is 10.1 Å². The molecule has 0 saturated heterocycles. The van der Waals surface area contributed by atoms with Gasteiger partial charge in [-0.3, -0.25) is 4.79 Å². The molecule has 0 aliphatic carbocycles. The van der Waals surface area contributed by atoms with Gasteiger partial charge in [-0.25, -0.2) is 9.97 Å². The topological polar surface area (TPSA) is 64.1 Å². The van der Waals surface area contributed by atoms with Crippen molar-refractivity contribution in [1.29, 1.82) is 0 Å². The van der Waals surface area contributed by atoms with E-state index in [1.165, 1.54) is 11.8 Å². The van der Waals surface area contributed by atoms with Crippen LogP contribution in [-0.4, -0.2) is 34.3 Å². The first-order valence-corrected chi connectivity index (χ1v) is 6.93. The molecule has 18 heavy (non-hydrogen) atoms. The van der Waals surface area contributed by atoms with E-state index in [0.717, 1.165) is 12.1 Å². The first-order valence-electron chi connectivity index (χ1n) is 5.94. The van der Waals surface area contributed by atoms with Crippen LogP contribution in [0.4, 0.5) is 0 Å². The number of aromatic nitrogens is 2. The minimum Gasteiger partial charge on any atom is -0.465 e. The molecule has 100 valence electrons. The van der Waals surface area contributed by atoms with E-state index in [1.807, 2.05) is 0 Å². The van der Waals surface area contributed by atoms with Gasteiger partial charge in [-0.15, -0.1) is 0 Å². The lowest BCUT2D eigenvalue weighted by Crippen LogP contribution is -2.22. The van der Waals surface area contributed by atoms with E-state index in [9.17, 15) is 4.79 Å². The molecule has 0 aromatic carbocycles. The third-order valence-corrected chi connectivity index (χ3v) is 2.87. The van der Waals surface area contributed by atoms with E-state index in [1.54, 1.807) is 19.3 Å². The third-order valence-electron chi connectivity index (χ3n) is 2.02. The Kier molecular flexibility index (Phi) is 6.67. The number of hydrogen-bond donors (Lipinski definition) is 1. The Morgan fingerprint density at radius 1 is 1.44 bits per heavy atom. The number of hydrogen-bond acceptors (Lipinski definition) is 6. The number of thioether (sulfide) groups is 1. The largest absolute Gasteiger partial charge is 0.465 e. The summed E-state index contributed by atoms with van der Waals surface area (Å²) in [5.41, 5.74) is 1.03. The predicted molar refractivity (Wildman–Crippen MR) is 71.4 cm³/mol. The molecular formula is C12H19N3O2S. The van der Waals surface area contributed by atoms with Crippen molar-refractivity contribution >= 4 is 17.7 Å². The van der Waals surface area contributed by atoms with E-state index in [-0.39, 0.29) is 11.7 Å². The Balaban J connectivity index is 2.38. The lowest BCUT2D eigenvalue weighted by Gasteiger charge is -2.07. The van der Waals surface area contributed by atoms with Crippen LogP contribution in [0.1, 0.15) is 26.3 Å². The smallest absolute Gasteiger partial charge is 0.316 e. The van der Waals surface area contributed by atoms with Gasteiger partial charge in [0, 0.05) is 30.5 Å². The molecule has 0 bridgehead atoms. The standard InChI is InChI=1S/C12H19N3O2S/c1-4-17-11(16)8-18-12-14-6-10(7-15-12)5-13-9(2)3/h6-7,9,13H,4-5,8H2,1-3H3. The van der Waals surface area contributed by atoms with Gasteiger partial charge in [0.05, 0.1) is 12.4 Å². The highest BCUT2D eigenvalue weighted by Gasteiger charge is 2.05. The minimum atomic E-state index is -0.239. The molecule has 0 aliphatic rings. The van der Waals surface area contributed by atoms with Crippen LogP contribution in [0.2, 0.25) is 0 Å². The molecule has 1 N–H and O–H groups in total. The average molecular weight is 269 g/mol. The highest BCUT2D eigenvalue weighted by Crippen LogP contribution is 2.12. The maximum atomic E-state index is 11.2. The lowest BCUT2D eigenvalue weighted by atomic mass is 10.3. The molecule has 0 spiro atoms. The molecule has 0 atom stereocenters. The molecule has 5 nitrogen and oxygen atoms in total. The molecule has 0 aliphatic heterocycles. The molecular weight excluding hydrogens is 250 g/mol. The molecule has 0 saturated carbocycles. The SMILES string of the molecule is CCOC(=O)CSc1ncc(CNC(C)C)cn1. The maximum Gasteiger partial charge on any atom is 0.316 e. The summed E-state index contributed by atoms with van der Waals surface area (Å²) in [4.78, 5) is 19.5. The molecule has 6 heteroatoms. The zero-order chi connectivity index (χ0) is 13.4. The number of nitrogens with one attached hydrogen (secondary N) is 1. The Labute approximate surface area is 112 Å². The van der Waals surface area contributed by atoms with Crippen molar-refractivity contribution in [2.45, 2.75) is 38.5 Å².